The zero-order valence-electron chi connectivity index (χ0n) is 9.59. The molecule has 84 valence electrons. The molecule has 4 nitrogen and oxygen atoms in total. The van der Waals surface area contributed by atoms with Crippen molar-refractivity contribution >= 4 is 11.9 Å². The highest BCUT2D eigenvalue weighted by atomic mass is 16.5. The van der Waals surface area contributed by atoms with Gasteiger partial charge >= 0.3 is 5.97 Å². The first-order valence-corrected chi connectivity index (χ1v) is 4.82. The average Bonchev–Trinajstić information content (AvgIpc) is 2.15. The molecule has 0 spiro atoms. The second kappa shape index (κ2) is 6.88. The van der Waals surface area contributed by atoms with E-state index in [2.05, 4.69) is 21.9 Å². The zero-order valence-corrected chi connectivity index (χ0v) is 9.59. The Morgan fingerprint density at radius 3 is 2.40 bits per heavy atom. The first-order valence-electron chi connectivity index (χ1n) is 4.82. The van der Waals surface area contributed by atoms with E-state index in [9.17, 15) is 9.59 Å². The van der Waals surface area contributed by atoms with Crippen LogP contribution in [0.5, 0.6) is 0 Å². The number of carbonyl (C=O) groups excluding carboxylic acids is 2. The number of hydrogen-bond acceptors (Lipinski definition) is 3. The number of rotatable bonds is 4. The van der Waals surface area contributed by atoms with Gasteiger partial charge in [0, 0.05) is 0 Å². The zero-order chi connectivity index (χ0) is 11.8. The van der Waals surface area contributed by atoms with E-state index in [1.807, 2.05) is 13.8 Å². The molecule has 0 rings (SSSR count). The van der Waals surface area contributed by atoms with Crippen LogP contribution >= 0.6 is 0 Å². The molecule has 1 atom stereocenters. The standard InChI is InChI=1S/C11H17NO3/c1-5-6-10(13)12-9(7-8(2)3)11(14)15-4/h8-9H,7H2,1-4H3,(H,12,13). The third kappa shape index (κ3) is 5.74. The predicted molar refractivity (Wildman–Crippen MR) is 56.9 cm³/mol. The van der Waals surface area contributed by atoms with Gasteiger partial charge in [-0.05, 0) is 25.2 Å². The molecule has 0 saturated heterocycles. The smallest absolute Gasteiger partial charge is 0.328 e. The third-order valence-corrected chi connectivity index (χ3v) is 1.74. The molecule has 0 heterocycles. The number of carbonyl (C=O) groups is 2. The van der Waals surface area contributed by atoms with Crippen LogP contribution in [0, 0.1) is 17.8 Å². The van der Waals surface area contributed by atoms with Crippen LogP contribution in [0.15, 0.2) is 0 Å². The van der Waals surface area contributed by atoms with E-state index < -0.39 is 17.9 Å². The first kappa shape index (κ1) is 13.5. The molecule has 1 amide bonds. The highest BCUT2D eigenvalue weighted by molar-refractivity contribution is 5.96. The lowest BCUT2D eigenvalue weighted by Gasteiger charge is -2.16. The molecule has 1 unspecified atom stereocenters. The van der Waals surface area contributed by atoms with E-state index in [0.717, 1.165) is 0 Å². The molecule has 0 saturated carbocycles. The minimum Gasteiger partial charge on any atom is -0.467 e. The fraction of sp³-hybridized carbons (Fsp3) is 0.636. The highest BCUT2D eigenvalue weighted by Crippen LogP contribution is 2.05. The fourth-order valence-electron chi connectivity index (χ4n) is 1.14. The number of methoxy groups -OCH3 is 1. The summed E-state index contributed by atoms with van der Waals surface area (Å²) in [6.07, 6.45) is 0.545. The van der Waals surface area contributed by atoms with Crippen molar-refractivity contribution in [1.82, 2.24) is 5.32 Å². The molecular weight excluding hydrogens is 194 g/mol. The largest absolute Gasteiger partial charge is 0.467 e. The summed E-state index contributed by atoms with van der Waals surface area (Å²) in [7, 11) is 1.30. The van der Waals surface area contributed by atoms with Crippen molar-refractivity contribution in [2.45, 2.75) is 33.2 Å². The van der Waals surface area contributed by atoms with E-state index >= 15 is 0 Å². The molecule has 0 aliphatic carbocycles. The summed E-state index contributed by atoms with van der Waals surface area (Å²) in [5.41, 5.74) is 0. The van der Waals surface area contributed by atoms with Crippen LogP contribution < -0.4 is 5.32 Å². The molecule has 0 radical (unpaired) electrons. The van der Waals surface area contributed by atoms with Crippen molar-refractivity contribution in [1.29, 1.82) is 0 Å². The van der Waals surface area contributed by atoms with Gasteiger partial charge in [-0.1, -0.05) is 19.8 Å². The maximum absolute atomic E-state index is 11.3. The summed E-state index contributed by atoms with van der Waals surface area (Å²) in [5.74, 6) is 4.20. The van der Waals surface area contributed by atoms with Crippen LogP contribution in [0.25, 0.3) is 0 Å². The first-order chi connectivity index (χ1) is 7.01. The van der Waals surface area contributed by atoms with Gasteiger partial charge in [-0.3, -0.25) is 4.79 Å². The average molecular weight is 211 g/mol. The van der Waals surface area contributed by atoms with Crippen molar-refractivity contribution in [2.75, 3.05) is 7.11 Å². The minimum atomic E-state index is -0.608. The lowest BCUT2D eigenvalue weighted by Crippen LogP contribution is -2.41. The van der Waals surface area contributed by atoms with E-state index in [0.29, 0.717) is 12.3 Å². The molecular formula is C11H17NO3. The number of esters is 1. The van der Waals surface area contributed by atoms with Crippen molar-refractivity contribution in [3.63, 3.8) is 0 Å². The SMILES string of the molecule is CC#CC(=O)NC(CC(C)C)C(=O)OC. The van der Waals surface area contributed by atoms with Crippen LogP contribution in [-0.2, 0) is 14.3 Å². The predicted octanol–water partition coefficient (Wildman–Crippen LogP) is 0.714. The molecule has 0 aromatic carbocycles. The minimum absolute atomic E-state index is 0.295. The van der Waals surface area contributed by atoms with E-state index in [1.165, 1.54) is 7.11 Å². The second-order valence-electron chi connectivity index (χ2n) is 3.55. The van der Waals surface area contributed by atoms with Gasteiger partial charge in [0.15, 0.2) is 0 Å². The summed E-state index contributed by atoms with van der Waals surface area (Å²) in [6.45, 7) is 5.50. The lowest BCUT2D eigenvalue weighted by atomic mass is 10.0. The van der Waals surface area contributed by atoms with Gasteiger partial charge in [0.1, 0.15) is 6.04 Å². The fourth-order valence-corrected chi connectivity index (χ4v) is 1.14. The third-order valence-electron chi connectivity index (χ3n) is 1.74. The van der Waals surface area contributed by atoms with Gasteiger partial charge < -0.3 is 10.1 Å². The maximum atomic E-state index is 11.3. The van der Waals surface area contributed by atoms with Gasteiger partial charge in [0.05, 0.1) is 7.11 Å². The molecule has 0 bridgehead atoms. The molecule has 15 heavy (non-hydrogen) atoms. The second-order valence-corrected chi connectivity index (χ2v) is 3.55. The molecule has 0 aliphatic heterocycles. The Bertz CT molecular complexity index is 286. The summed E-state index contributed by atoms with van der Waals surface area (Å²) in [4.78, 5) is 22.5. The Kier molecular flexibility index (Phi) is 6.19. The monoisotopic (exact) mass is 211 g/mol. The highest BCUT2D eigenvalue weighted by Gasteiger charge is 2.21. The summed E-state index contributed by atoms with van der Waals surface area (Å²) >= 11 is 0. The van der Waals surface area contributed by atoms with E-state index in [1.54, 1.807) is 6.92 Å². The molecule has 4 heteroatoms. The van der Waals surface area contributed by atoms with Crippen LogP contribution in [0.4, 0.5) is 0 Å². The van der Waals surface area contributed by atoms with E-state index in [-0.39, 0.29) is 0 Å². The number of nitrogens with one attached hydrogen (secondary N) is 1. The summed E-state index contributed by atoms with van der Waals surface area (Å²) < 4.78 is 4.59. The van der Waals surface area contributed by atoms with Crippen molar-refractivity contribution in [2.24, 2.45) is 5.92 Å². The summed E-state index contributed by atoms with van der Waals surface area (Å²) in [5, 5.41) is 2.51. The molecule has 0 aromatic rings. The number of amides is 1. The van der Waals surface area contributed by atoms with Crippen LogP contribution in [-0.4, -0.2) is 25.0 Å². The lowest BCUT2D eigenvalue weighted by molar-refractivity contribution is -0.145. The summed E-state index contributed by atoms with van der Waals surface area (Å²) in [6, 6.07) is -0.608. The maximum Gasteiger partial charge on any atom is 0.328 e. The Morgan fingerprint density at radius 1 is 1.40 bits per heavy atom. The Morgan fingerprint density at radius 2 is 2.00 bits per heavy atom. The van der Waals surface area contributed by atoms with Gasteiger partial charge in [-0.2, -0.15) is 0 Å². The molecule has 0 aromatic heterocycles. The van der Waals surface area contributed by atoms with Crippen LogP contribution in [0.3, 0.4) is 0 Å². The quantitative estimate of drug-likeness (QED) is 0.550. The molecule has 0 aliphatic rings. The Balaban J connectivity index is 4.41. The van der Waals surface area contributed by atoms with Gasteiger partial charge in [-0.15, -0.1) is 0 Å². The normalized spacial score (nSPS) is 11.3. The Labute approximate surface area is 90.4 Å². The van der Waals surface area contributed by atoms with Crippen molar-refractivity contribution < 1.29 is 14.3 Å². The number of hydrogen-bond donors (Lipinski definition) is 1. The number of ether oxygens (including phenoxy) is 1. The van der Waals surface area contributed by atoms with Gasteiger partial charge in [0.25, 0.3) is 5.91 Å². The van der Waals surface area contributed by atoms with Gasteiger partial charge in [-0.25, -0.2) is 4.79 Å². The topological polar surface area (TPSA) is 55.4 Å². The molecule has 0 fully saturated rings. The van der Waals surface area contributed by atoms with Crippen LogP contribution in [0.1, 0.15) is 27.2 Å². The van der Waals surface area contributed by atoms with Crippen molar-refractivity contribution in [3.8, 4) is 11.8 Å². The van der Waals surface area contributed by atoms with Gasteiger partial charge in [0.2, 0.25) is 0 Å². The molecule has 1 N–H and O–H groups in total. The Hall–Kier alpha value is -1.50. The van der Waals surface area contributed by atoms with Crippen LogP contribution in [0.2, 0.25) is 0 Å². The van der Waals surface area contributed by atoms with Crippen molar-refractivity contribution in [3.05, 3.63) is 0 Å². The van der Waals surface area contributed by atoms with E-state index in [4.69, 9.17) is 0 Å².